The Balaban J connectivity index is 1.81. The third-order valence-electron chi connectivity index (χ3n) is 5.38. The van der Waals surface area contributed by atoms with Crippen molar-refractivity contribution in [2.75, 3.05) is 14.2 Å². The van der Waals surface area contributed by atoms with Crippen molar-refractivity contribution in [3.8, 4) is 40.3 Å². The Morgan fingerprint density at radius 3 is 2.42 bits per heavy atom. The second kappa shape index (κ2) is 9.43. The summed E-state index contributed by atoms with van der Waals surface area (Å²) in [4.78, 5) is -0.629. The van der Waals surface area contributed by atoms with Crippen LogP contribution in [-0.4, -0.2) is 57.0 Å². The highest BCUT2D eigenvalue weighted by atomic mass is 32.2. The number of nitrogens with zero attached hydrogens (tertiary/aromatic N) is 4. The van der Waals surface area contributed by atoms with Crippen LogP contribution in [0, 0.1) is 11.6 Å². The van der Waals surface area contributed by atoms with Crippen molar-refractivity contribution in [1.82, 2.24) is 19.1 Å². The first kappa shape index (κ1) is 24.9. The van der Waals surface area contributed by atoms with Crippen molar-refractivity contribution in [2.24, 2.45) is 0 Å². The number of hydrogen-bond acceptors (Lipinski definition) is 8. The first-order valence-corrected chi connectivity index (χ1v) is 11.7. The number of sulfonamides is 1. The molecule has 0 saturated carbocycles. The smallest absolute Gasteiger partial charge is 0.319 e. The molecule has 4 aromatic rings. The maximum atomic E-state index is 14.4. The molecule has 0 aliphatic rings. The lowest BCUT2D eigenvalue weighted by atomic mass is 10.1. The molecule has 188 valence electrons. The molecule has 10 nitrogen and oxygen atoms in total. The SMILES string of the molecule is COc1ccc(F)cc1CN(C)S(=O)(=O)c1cc(-c2nnc(O)n2-c2ccccc2F)c(O)cc1O. The number of benzene rings is 3. The van der Waals surface area contributed by atoms with Gasteiger partial charge in [-0.15, -0.1) is 5.10 Å². The van der Waals surface area contributed by atoms with Gasteiger partial charge in [0.15, 0.2) is 5.82 Å². The zero-order valence-electron chi connectivity index (χ0n) is 18.9. The van der Waals surface area contributed by atoms with Gasteiger partial charge in [-0.25, -0.2) is 21.8 Å². The number of methoxy groups -OCH3 is 1. The van der Waals surface area contributed by atoms with Crippen LogP contribution >= 0.6 is 0 Å². The summed E-state index contributed by atoms with van der Waals surface area (Å²) in [6.45, 7) is -0.314. The molecule has 0 amide bonds. The minimum absolute atomic E-state index is 0.165. The molecule has 0 aliphatic carbocycles. The number of phenolic OH excluding ortho intramolecular Hbond substituents is 2. The van der Waals surface area contributed by atoms with E-state index in [1.807, 2.05) is 0 Å². The normalized spacial score (nSPS) is 11.7. The summed E-state index contributed by atoms with van der Waals surface area (Å²) in [5.41, 5.74) is -0.201. The summed E-state index contributed by atoms with van der Waals surface area (Å²) in [6, 6.07) is 9.96. The number of para-hydroxylation sites is 1. The van der Waals surface area contributed by atoms with E-state index in [4.69, 9.17) is 4.74 Å². The van der Waals surface area contributed by atoms with Gasteiger partial charge >= 0.3 is 6.01 Å². The van der Waals surface area contributed by atoms with E-state index in [0.717, 1.165) is 39.2 Å². The Morgan fingerprint density at radius 1 is 1.00 bits per heavy atom. The van der Waals surface area contributed by atoms with E-state index in [-0.39, 0.29) is 34.9 Å². The Bertz CT molecular complexity index is 1560. The van der Waals surface area contributed by atoms with Crippen LogP contribution < -0.4 is 4.74 Å². The van der Waals surface area contributed by atoms with E-state index in [1.165, 1.54) is 38.4 Å². The Kier molecular flexibility index (Phi) is 6.52. The van der Waals surface area contributed by atoms with Gasteiger partial charge in [0.25, 0.3) is 0 Å². The number of aromatic hydroxyl groups is 3. The van der Waals surface area contributed by atoms with Crippen molar-refractivity contribution in [2.45, 2.75) is 11.4 Å². The van der Waals surface area contributed by atoms with Crippen molar-refractivity contribution in [1.29, 1.82) is 0 Å². The van der Waals surface area contributed by atoms with Crippen molar-refractivity contribution < 1.29 is 37.3 Å². The average molecular weight is 518 g/mol. The van der Waals surface area contributed by atoms with Gasteiger partial charge in [0, 0.05) is 25.2 Å². The highest BCUT2D eigenvalue weighted by molar-refractivity contribution is 7.89. The van der Waals surface area contributed by atoms with Crippen LogP contribution in [0.4, 0.5) is 8.78 Å². The molecular weight excluding hydrogens is 498 g/mol. The summed E-state index contributed by atoms with van der Waals surface area (Å²) in [5, 5.41) is 38.3. The van der Waals surface area contributed by atoms with Crippen LogP contribution in [0.3, 0.4) is 0 Å². The van der Waals surface area contributed by atoms with Gasteiger partial charge in [-0.3, -0.25) is 0 Å². The molecule has 0 bridgehead atoms. The number of hydrogen-bond donors (Lipinski definition) is 3. The van der Waals surface area contributed by atoms with Crippen molar-refractivity contribution in [3.05, 3.63) is 71.8 Å². The summed E-state index contributed by atoms with van der Waals surface area (Å²) in [7, 11) is -1.87. The Hall–Kier alpha value is -4.23. The van der Waals surface area contributed by atoms with Crippen LogP contribution in [0.2, 0.25) is 0 Å². The first-order chi connectivity index (χ1) is 17.0. The zero-order valence-corrected chi connectivity index (χ0v) is 19.7. The number of ether oxygens (including phenoxy) is 1. The fraction of sp³-hybridized carbons (Fsp3) is 0.130. The molecule has 0 atom stereocenters. The molecule has 0 spiro atoms. The van der Waals surface area contributed by atoms with E-state index < -0.39 is 44.1 Å². The zero-order chi connectivity index (χ0) is 26.2. The number of halogens is 2. The van der Waals surface area contributed by atoms with Gasteiger partial charge in [-0.05, 0) is 36.4 Å². The van der Waals surface area contributed by atoms with Crippen LogP contribution in [-0.2, 0) is 16.6 Å². The van der Waals surface area contributed by atoms with Gasteiger partial charge in [0.1, 0.15) is 33.8 Å². The number of rotatable bonds is 7. The summed E-state index contributed by atoms with van der Waals surface area (Å²) in [5.74, 6) is -2.77. The average Bonchev–Trinajstić information content (AvgIpc) is 3.20. The topological polar surface area (TPSA) is 138 Å². The number of phenols is 2. The van der Waals surface area contributed by atoms with Gasteiger partial charge in [-0.1, -0.05) is 17.2 Å². The molecular formula is C23H20F2N4O6S. The molecule has 0 aliphatic heterocycles. The minimum atomic E-state index is -4.43. The van der Waals surface area contributed by atoms with Crippen LogP contribution in [0.15, 0.2) is 59.5 Å². The van der Waals surface area contributed by atoms with Gasteiger partial charge in [0.2, 0.25) is 10.0 Å². The third kappa shape index (κ3) is 4.41. The van der Waals surface area contributed by atoms with Crippen LogP contribution in [0.5, 0.6) is 23.3 Å². The van der Waals surface area contributed by atoms with E-state index in [1.54, 1.807) is 0 Å². The first-order valence-electron chi connectivity index (χ1n) is 10.3. The predicted molar refractivity (Wildman–Crippen MR) is 123 cm³/mol. The molecule has 0 saturated heterocycles. The molecule has 0 radical (unpaired) electrons. The maximum absolute atomic E-state index is 14.4. The van der Waals surface area contributed by atoms with Crippen LogP contribution in [0.25, 0.3) is 17.1 Å². The second-order valence-corrected chi connectivity index (χ2v) is 9.68. The van der Waals surface area contributed by atoms with E-state index in [0.29, 0.717) is 0 Å². The Labute approximate surface area is 204 Å². The Morgan fingerprint density at radius 2 is 1.72 bits per heavy atom. The van der Waals surface area contributed by atoms with Crippen molar-refractivity contribution >= 4 is 10.0 Å². The standard InChI is InChI=1S/C23H20F2N4O6S/c1-28(12-13-9-14(24)7-8-20(13)35-2)36(33,34)21-10-15(18(30)11-19(21)31)22-26-27-23(32)29(22)17-6-4-3-5-16(17)25/h3-11,30-31H,12H2,1-2H3,(H,27,32). The highest BCUT2D eigenvalue weighted by Crippen LogP contribution is 2.39. The lowest BCUT2D eigenvalue weighted by Gasteiger charge is -2.20. The molecule has 3 aromatic carbocycles. The summed E-state index contributed by atoms with van der Waals surface area (Å²) >= 11 is 0. The third-order valence-corrected chi connectivity index (χ3v) is 7.21. The molecule has 36 heavy (non-hydrogen) atoms. The van der Waals surface area contributed by atoms with Gasteiger partial charge in [0.05, 0.1) is 18.4 Å². The lowest BCUT2D eigenvalue weighted by molar-refractivity contribution is 0.395. The highest BCUT2D eigenvalue weighted by Gasteiger charge is 2.29. The largest absolute Gasteiger partial charge is 0.507 e. The molecule has 0 unspecified atom stereocenters. The molecule has 1 heterocycles. The second-order valence-electron chi connectivity index (χ2n) is 7.66. The predicted octanol–water partition coefficient (Wildman–Crippen LogP) is 3.16. The maximum Gasteiger partial charge on any atom is 0.319 e. The molecule has 1 aromatic heterocycles. The summed E-state index contributed by atoms with van der Waals surface area (Å²) < 4.78 is 61.8. The van der Waals surface area contributed by atoms with E-state index >= 15 is 0 Å². The molecule has 4 rings (SSSR count). The quantitative estimate of drug-likeness (QED) is 0.339. The number of aromatic nitrogens is 3. The minimum Gasteiger partial charge on any atom is -0.507 e. The van der Waals surface area contributed by atoms with Crippen LogP contribution in [0.1, 0.15) is 5.56 Å². The van der Waals surface area contributed by atoms with Gasteiger partial charge < -0.3 is 20.1 Å². The van der Waals surface area contributed by atoms with E-state index in [2.05, 4.69) is 10.2 Å². The fourth-order valence-corrected chi connectivity index (χ4v) is 4.85. The fourth-order valence-electron chi connectivity index (χ4n) is 3.61. The van der Waals surface area contributed by atoms with Gasteiger partial charge in [-0.2, -0.15) is 4.31 Å². The molecule has 13 heteroatoms. The monoisotopic (exact) mass is 518 g/mol. The molecule has 3 N–H and O–H groups in total. The van der Waals surface area contributed by atoms with Crippen molar-refractivity contribution in [3.63, 3.8) is 0 Å². The van der Waals surface area contributed by atoms with E-state index in [9.17, 15) is 32.5 Å². The lowest BCUT2D eigenvalue weighted by Crippen LogP contribution is -2.27. The molecule has 0 fully saturated rings. The summed E-state index contributed by atoms with van der Waals surface area (Å²) in [6.07, 6.45) is 0.